The van der Waals surface area contributed by atoms with Gasteiger partial charge in [0.25, 0.3) is 0 Å². The van der Waals surface area contributed by atoms with E-state index in [0.717, 1.165) is 40.7 Å². The van der Waals surface area contributed by atoms with E-state index in [2.05, 4.69) is 35.1 Å². The number of hydrogen-bond donors (Lipinski definition) is 1. The largest absolute Gasteiger partial charge is 0.346 e. The number of amides is 2. The summed E-state index contributed by atoms with van der Waals surface area (Å²) in [5.41, 5.74) is 5.37. The van der Waals surface area contributed by atoms with Gasteiger partial charge in [-0.1, -0.05) is 31.2 Å². The summed E-state index contributed by atoms with van der Waals surface area (Å²) in [5, 5.41) is 1.11. The van der Waals surface area contributed by atoms with E-state index >= 15 is 0 Å². The Morgan fingerprint density at radius 2 is 2.10 bits per heavy atom. The lowest BCUT2D eigenvalue weighted by molar-refractivity contribution is -0.135. The van der Waals surface area contributed by atoms with Crippen LogP contribution in [0.3, 0.4) is 0 Å². The van der Waals surface area contributed by atoms with Crippen LogP contribution in [0.25, 0.3) is 16.6 Å². The lowest BCUT2D eigenvalue weighted by Gasteiger charge is -2.29. The van der Waals surface area contributed by atoms with E-state index in [1.54, 1.807) is 11.1 Å². The highest BCUT2D eigenvalue weighted by Crippen LogP contribution is 2.32. The summed E-state index contributed by atoms with van der Waals surface area (Å²) in [6, 6.07) is 12.0. The van der Waals surface area contributed by atoms with Gasteiger partial charge in [0.05, 0.1) is 5.92 Å². The monoisotopic (exact) mass is 414 g/mol. The lowest BCUT2D eigenvalue weighted by Crippen LogP contribution is -2.40. The lowest BCUT2D eigenvalue weighted by atomic mass is 9.98. The van der Waals surface area contributed by atoms with Crippen molar-refractivity contribution in [3.8, 4) is 0 Å². The molecule has 0 aliphatic carbocycles. The van der Waals surface area contributed by atoms with Crippen molar-refractivity contribution in [2.75, 3.05) is 24.5 Å². The van der Waals surface area contributed by atoms with Crippen molar-refractivity contribution in [2.45, 2.75) is 26.2 Å². The average molecular weight is 415 g/mol. The molecule has 1 N–H and O–H groups in total. The predicted octanol–water partition coefficient (Wildman–Crippen LogP) is 3.79. The smallest absolute Gasteiger partial charge is 0.228 e. The molecule has 4 heterocycles. The average Bonchev–Trinajstić information content (AvgIpc) is 3.42. The van der Waals surface area contributed by atoms with Gasteiger partial charge in [-0.2, -0.15) is 0 Å². The summed E-state index contributed by atoms with van der Waals surface area (Å²) in [6.45, 7) is 3.81. The molecule has 1 fully saturated rings. The van der Waals surface area contributed by atoms with Gasteiger partial charge < -0.3 is 14.8 Å². The first kappa shape index (κ1) is 19.5. The molecule has 2 aliphatic rings. The number of aromatic amines is 1. The van der Waals surface area contributed by atoms with E-state index in [4.69, 9.17) is 0 Å². The zero-order chi connectivity index (χ0) is 21.4. The molecule has 0 bridgehead atoms. The van der Waals surface area contributed by atoms with E-state index in [1.165, 1.54) is 5.57 Å². The van der Waals surface area contributed by atoms with Crippen LogP contribution in [0.5, 0.6) is 0 Å². The number of aromatic nitrogens is 2. The number of fused-ring (bicyclic) bond motifs is 1. The molecule has 6 heteroatoms. The molecule has 0 saturated carbocycles. The molecule has 2 aromatic heterocycles. The fourth-order valence-electron chi connectivity index (χ4n) is 4.77. The van der Waals surface area contributed by atoms with Crippen molar-refractivity contribution in [1.82, 2.24) is 14.9 Å². The molecule has 0 radical (unpaired) electrons. The number of carbonyl (C=O) groups is 2. The highest BCUT2D eigenvalue weighted by atomic mass is 16.2. The van der Waals surface area contributed by atoms with Crippen LogP contribution >= 0.6 is 0 Å². The van der Waals surface area contributed by atoms with Crippen molar-refractivity contribution in [3.63, 3.8) is 0 Å². The third kappa shape index (κ3) is 3.52. The summed E-state index contributed by atoms with van der Waals surface area (Å²) < 4.78 is 0. The maximum absolute atomic E-state index is 13.2. The maximum atomic E-state index is 13.2. The molecule has 6 nitrogen and oxygen atoms in total. The van der Waals surface area contributed by atoms with Crippen LogP contribution in [0, 0.1) is 5.92 Å². The van der Waals surface area contributed by atoms with Crippen LogP contribution in [-0.2, 0) is 16.0 Å². The Morgan fingerprint density at radius 1 is 1.23 bits per heavy atom. The van der Waals surface area contributed by atoms with Crippen LogP contribution in [-0.4, -0.2) is 46.3 Å². The van der Waals surface area contributed by atoms with E-state index in [-0.39, 0.29) is 24.2 Å². The predicted molar refractivity (Wildman–Crippen MR) is 122 cm³/mol. The zero-order valence-corrected chi connectivity index (χ0v) is 17.7. The van der Waals surface area contributed by atoms with Gasteiger partial charge in [-0.3, -0.25) is 9.59 Å². The quantitative estimate of drug-likeness (QED) is 0.706. The molecule has 0 spiro atoms. The second-order valence-corrected chi connectivity index (χ2v) is 8.25. The molecule has 2 aliphatic heterocycles. The fraction of sp³-hybridized carbons (Fsp3) is 0.320. The molecule has 1 aromatic carbocycles. The molecule has 158 valence electrons. The summed E-state index contributed by atoms with van der Waals surface area (Å²) >= 11 is 0. The topological polar surface area (TPSA) is 69.3 Å². The third-order valence-corrected chi connectivity index (χ3v) is 6.46. The molecular formula is C25H26N4O2. The highest BCUT2D eigenvalue weighted by Gasteiger charge is 2.38. The van der Waals surface area contributed by atoms with Gasteiger partial charge in [0.15, 0.2) is 0 Å². The minimum Gasteiger partial charge on any atom is -0.346 e. The molecule has 5 rings (SSSR count). The first-order valence-corrected chi connectivity index (χ1v) is 10.9. The molecule has 3 aromatic rings. The van der Waals surface area contributed by atoms with Gasteiger partial charge >= 0.3 is 0 Å². The van der Waals surface area contributed by atoms with Crippen LogP contribution in [0.1, 0.15) is 30.9 Å². The van der Waals surface area contributed by atoms with Crippen LogP contribution < -0.4 is 4.90 Å². The van der Waals surface area contributed by atoms with Crippen molar-refractivity contribution in [1.29, 1.82) is 0 Å². The molecular weight excluding hydrogens is 388 g/mol. The van der Waals surface area contributed by atoms with Gasteiger partial charge in [0, 0.05) is 55.1 Å². The highest BCUT2D eigenvalue weighted by molar-refractivity contribution is 6.01. The number of rotatable bonds is 4. The Bertz CT molecular complexity index is 1180. The first-order chi connectivity index (χ1) is 15.2. The third-order valence-electron chi connectivity index (χ3n) is 6.46. The van der Waals surface area contributed by atoms with E-state index < -0.39 is 0 Å². The number of nitrogens with zero attached hydrogens (tertiary/aromatic N) is 3. The molecule has 31 heavy (non-hydrogen) atoms. The van der Waals surface area contributed by atoms with Crippen LogP contribution in [0.4, 0.5) is 5.69 Å². The van der Waals surface area contributed by atoms with E-state index in [9.17, 15) is 9.59 Å². The molecule has 1 saturated heterocycles. The van der Waals surface area contributed by atoms with Crippen molar-refractivity contribution in [3.05, 3.63) is 66.0 Å². The number of aryl methyl sites for hydroxylation is 1. The Hall–Kier alpha value is -3.41. The number of benzene rings is 1. The number of H-pyrrole nitrogens is 1. The Balaban J connectivity index is 1.29. The fourth-order valence-corrected chi connectivity index (χ4v) is 4.77. The first-order valence-electron chi connectivity index (χ1n) is 10.9. The zero-order valence-electron chi connectivity index (χ0n) is 17.7. The normalized spacial score (nSPS) is 19.2. The van der Waals surface area contributed by atoms with Gasteiger partial charge in [0.2, 0.25) is 11.8 Å². The van der Waals surface area contributed by atoms with Crippen LogP contribution in [0.15, 0.2) is 54.9 Å². The minimum absolute atomic E-state index is 0.0405. The van der Waals surface area contributed by atoms with E-state index in [1.807, 2.05) is 35.4 Å². The number of carbonyl (C=O) groups excluding carboxylic acids is 2. The number of anilines is 1. The van der Waals surface area contributed by atoms with Gasteiger partial charge in [-0.15, -0.1) is 0 Å². The van der Waals surface area contributed by atoms with Gasteiger partial charge in [0.1, 0.15) is 5.65 Å². The number of hydrogen-bond acceptors (Lipinski definition) is 3. The number of para-hydroxylation sites is 1. The van der Waals surface area contributed by atoms with E-state index in [0.29, 0.717) is 19.6 Å². The minimum atomic E-state index is -0.273. The Morgan fingerprint density at radius 3 is 2.90 bits per heavy atom. The van der Waals surface area contributed by atoms with Gasteiger partial charge in [-0.25, -0.2) is 4.98 Å². The standard InChI is InChI=1S/C25H26N4O2/c1-2-17-6-3-4-8-22(17)29-16-19(14-23(29)30)25(31)28-12-9-18(10-13-28)21-15-27-24-20(21)7-5-11-26-24/h3-9,11,15,19H,2,10,12-14,16H2,1H3,(H,26,27). The molecule has 1 atom stereocenters. The maximum Gasteiger partial charge on any atom is 0.228 e. The number of nitrogens with one attached hydrogen (secondary N) is 1. The van der Waals surface area contributed by atoms with Crippen molar-refractivity contribution >= 4 is 34.1 Å². The summed E-state index contributed by atoms with van der Waals surface area (Å²) in [7, 11) is 0. The second kappa shape index (κ2) is 8.02. The Labute approximate surface area is 181 Å². The molecule has 2 amide bonds. The van der Waals surface area contributed by atoms with Gasteiger partial charge in [-0.05, 0) is 42.2 Å². The van der Waals surface area contributed by atoms with Crippen molar-refractivity contribution in [2.24, 2.45) is 5.92 Å². The van der Waals surface area contributed by atoms with Crippen molar-refractivity contribution < 1.29 is 9.59 Å². The summed E-state index contributed by atoms with van der Waals surface area (Å²) in [4.78, 5) is 37.2. The molecule has 1 unspecified atom stereocenters. The number of pyridine rings is 1. The Kier molecular flexibility index (Phi) is 5.06. The second-order valence-electron chi connectivity index (χ2n) is 8.25. The SMILES string of the molecule is CCc1ccccc1N1CC(C(=O)N2CC=C(c3c[nH]c4ncccc34)CC2)CC1=O. The summed E-state index contributed by atoms with van der Waals surface area (Å²) in [5.74, 6) is -0.149. The summed E-state index contributed by atoms with van der Waals surface area (Å²) in [6.07, 6.45) is 7.87. The van der Waals surface area contributed by atoms with Crippen LogP contribution in [0.2, 0.25) is 0 Å².